The van der Waals surface area contributed by atoms with Crippen molar-refractivity contribution in [2.45, 2.75) is 54.6 Å². The van der Waals surface area contributed by atoms with E-state index >= 15 is 0 Å². The van der Waals surface area contributed by atoms with Crippen molar-refractivity contribution in [2.24, 2.45) is 0 Å². The maximum absolute atomic E-state index is 10.4. The third-order valence-electron chi connectivity index (χ3n) is 4.91. The zero-order valence-electron chi connectivity index (χ0n) is 14.3. The number of benzene rings is 1. The second kappa shape index (κ2) is 7.89. The number of carbonyl (C=O) groups is 1. The van der Waals surface area contributed by atoms with Gasteiger partial charge in [-0.15, -0.1) is 11.8 Å². The van der Waals surface area contributed by atoms with E-state index in [4.69, 9.17) is 21.1 Å². The summed E-state index contributed by atoms with van der Waals surface area (Å²) in [7, 11) is 0. The Morgan fingerprint density at radius 1 is 1.31 bits per heavy atom. The second-order valence-corrected chi connectivity index (χ2v) is 8.43. The molecule has 0 spiro atoms. The van der Waals surface area contributed by atoms with Crippen LogP contribution in [0.15, 0.2) is 41.6 Å². The van der Waals surface area contributed by atoms with E-state index in [1.807, 2.05) is 42.2 Å². The molecule has 2 aliphatic rings. The van der Waals surface area contributed by atoms with E-state index in [1.54, 1.807) is 0 Å². The van der Waals surface area contributed by atoms with Gasteiger partial charge in [-0.3, -0.25) is 4.79 Å². The number of hydrogen-bond acceptors (Lipinski definition) is 5. The number of halogens is 1. The maximum Gasteiger partial charge on any atom is 0.293 e. The van der Waals surface area contributed by atoms with Gasteiger partial charge in [0.05, 0.1) is 5.02 Å². The standard InChI is InChI=1S/C20H20ClNO3S/c21-17-9-13(16-10-19(16)25-12-23)6-7-18(17)24-11-14-3-2-8-22-20(14)26-15-4-1-5-15/h2-3,6-9,12,15-16,19H,1,4-5,10-11H2. The first-order chi connectivity index (χ1) is 12.7. The van der Waals surface area contributed by atoms with Gasteiger partial charge in [0.25, 0.3) is 6.47 Å². The average molecular weight is 390 g/mol. The van der Waals surface area contributed by atoms with E-state index in [2.05, 4.69) is 11.1 Å². The molecule has 2 aromatic rings. The van der Waals surface area contributed by atoms with Crippen LogP contribution in [0.5, 0.6) is 5.75 Å². The van der Waals surface area contributed by atoms with Crippen molar-refractivity contribution < 1.29 is 14.3 Å². The van der Waals surface area contributed by atoms with Gasteiger partial charge in [-0.05, 0) is 43.0 Å². The van der Waals surface area contributed by atoms with E-state index in [0.29, 0.717) is 29.1 Å². The minimum absolute atomic E-state index is 0.0168. The molecule has 1 aromatic carbocycles. The topological polar surface area (TPSA) is 48.4 Å². The summed E-state index contributed by atoms with van der Waals surface area (Å²) in [5.41, 5.74) is 2.17. The van der Waals surface area contributed by atoms with Gasteiger partial charge in [0, 0.05) is 22.9 Å². The number of carbonyl (C=O) groups excluding carboxylic acids is 1. The molecule has 2 unspecified atom stereocenters. The smallest absolute Gasteiger partial charge is 0.293 e. The van der Waals surface area contributed by atoms with Crippen molar-refractivity contribution in [2.75, 3.05) is 0 Å². The molecule has 2 fully saturated rings. The Morgan fingerprint density at radius 2 is 2.19 bits per heavy atom. The lowest BCUT2D eigenvalue weighted by Gasteiger charge is -2.24. The van der Waals surface area contributed by atoms with Crippen LogP contribution in [0.2, 0.25) is 5.02 Å². The number of aromatic nitrogens is 1. The first kappa shape index (κ1) is 17.7. The lowest BCUT2D eigenvalue weighted by molar-refractivity contribution is -0.129. The molecule has 6 heteroatoms. The number of pyridine rings is 1. The largest absolute Gasteiger partial charge is 0.487 e. The van der Waals surface area contributed by atoms with Gasteiger partial charge in [0.1, 0.15) is 23.5 Å². The monoisotopic (exact) mass is 389 g/mol. The van der Waals surface area contributed by atoms with E-state index < -0.39 is 0 Å². The van der Waals surface area contributed by atoms with Crippen LogP contribution in [0.4, 0.5) is 0 Å². The van der Waals surface area contributed by atoms with E-state index in [1.165, 1.54) is 19.3 Å². The summed E-state index contributed by atoms with van der Waals surface area (Å²) < 4.78 is 10.9. The van der Waals surface area contributed by atoms with E-state index in [9.17, 15) is 4.79 Å². The Kier molecular flexibility index (Phi) is 5.36. The maximum atomic E-state index is 10.4. The summed E-state index contributed by atoms with van der Waals surface area (Å²) in [4.78, 5) is 14.9. The summed E-state index contributed by atoms with van der Waals surface area (Å²) in [5.74, 6) is 0.905. The van der Waals surface area contributed by atoms with Gasteiger partial charge in [-0.2, -0.15) is 0 Å². The second-order valence-electron chi connectivity index (χ2n) is 6.73. The summed E-state index contributed by atoms with van der Waals surface area (Å²) in [5, 5.41) is 2.32. The highest BCUT2D eigenvalue weighted by Gasteiger charge is 2.40. The van der Waals surface area contributed by atoms with Crippen molar-refractivity contribution in [1.29, 1.82) is 0 Å². The molecule has 4 rings (SSSR count). The third-order valence-corrected chi connectivity index (χ3v) is 6.60. The first-order valence-electron chi connectivity index (χ1n) is 8.86. The van der Waals surface area contributed by atoms with E-state index in [-0.39, 0.29) is 12.0 Å². The molecule has 2 aliphatic carbocycles. The molecule has 26 heavy (non-hydrogen) atoms. The van der Waals surface area contributed by atoms with Crippen molar-refractivity contribution in [3.05, 3.63) is 52.7 Å². The Bertz CT molecular complexity index is 796. The summed E-state index contributed by atoms with van der Waals surface area (Å²) in [6.45, 7) is 0.957. The average Bonchev–Trinajstić information content (AvgIpc) is 3.37. The highest BCUT2D eigenvalue weighted by atomic mass is 35.5. The molecular weight excluding hydrogens is 370 g/mol. The van der Waals surface area contributed by atoms with Gasteiger partial charge >= 0.3 is 0 Å². The molecule has 2 atom stereocenters. The van der Waals surface area contributed by atoms with Crippen molar-refractivity contribution >= 4 is 29.8 Å². The van der Waals surface area contributed by atoms with Crippen LogP contribution in [0.1, 0.15) is 42.7 Å². The highest BCUT2D eigenvalue weighted by Crippen LogP contribution is 2.44. The van der Waals surface area contributed by atoms with Gasteiger partial charge in [0.15, 0.2) is 0 Å². The highest BCUT2D eigenvalue weighted by molar-refractivity contribution is 8.00. The van der Waals surface area contributed by atoms with Crippen molar-refractivity contribution in [3.63, 3.8) is 0 Å². The third kappa shape index (κ3) is 3.99. The van der Waals surface area contributed by atoms with E-state index in [0.717, 1.165) is 22.6 Å². The lowest BCUT2D eigenvalue weighted by atomic mass is 10.0. The van der Waals surface area contributed by atoms with Crippen LogP contribution in [-0.4, -0.2) is 22.8 Å². The molecule has 2 saturated carbocycles. The van der Waals surface area contributed by atoms with Gasteiger partial charge in [-0.1, -0.05) is 30.2 Å². The van der Waals surface area contributed by atoms with Crippen molar-refractivity contribution in [1.82, 2.24) is 4.98 Å². The van der Waals surface area contributed by atoms with Crippen LogP contribution < -0.4 is 4.74 Å². The van der Waals surface area contributed by atoms with Crippen LogP contribution >= 0.6 is 23.4 Å². The predicted molar refractivity (Wildman–Crippen MR) is 102 cm³/mol. The van der Waals surface area contributed by atoms with Crippen molar-refractivity contribution in [3.8, 4) is 5.75 Å². The van der Waals surface area contributed by atoms with Crippen LogP contribution in [0, 0.1) is 0 Å². The molecule has 136 valence electrons. The number of rotatable bonds is 8. The molecule has 4 nitrogen and oxygen atoms in total. The molecular formula is C20H20ClNO3S. The predicted octanol–water partition coefficient (Wildman–Crippen LogP) is 4.99. The fraction of sp³-hybridized carbons (Fsp3) is 0.400. The molecule has 0 amide bonds. The first-order valence-corrected chi connectivity index (χ1v) is 10.1. The van der Waals surface area contributed by atoms with Gasteiger partial charge < -0.3 is 9.47 Å². The molecule has 0 N–H and O–H groups in total. The zero-order valence-corrected chi connectivity index (χ0v) is 15.8. The summed E-state index contributed by atoms with van der Waals surface area (Å²) in [6.07, 6.45) is 6.52. The van der Waals surface area contributed by atoms with Crippen LogP contribution in [0.3, 0.4) is 0 Å². The van der Waals surface area contributed by atoms with Crippen LogP contribution in [-0.2, 0) is 16.1 Å². The van der Waals surface area contributed by atoms with Gasteiger partial charge in [-0.25, -0.2) is 4.98 Å². The molecule has 0 bridgehead atoms. The molecule has 1 aromatic heterocycles. The lowest BCUT2D eigenvalue weighted by Crippen LogP contribution is -2.13. The molecule has 1 heterocycles. The SMILES string of the molecule is O=COC1CC1c1ccc(OCc2cccnc2SC2CCC2)c(Cl)c1. The molecule has 0 aliphatic heterocycles. The van der Waals surface area contributed by atoms with Crippen LogP contribution in [0.25, 0.3) is 0 Å². The zero-order chi connectivity index (χ0) is 17.9. The number of thioether (sulfide) groups is 1. The summed E-state index contributed by atoms with van der Waals surface area (Å²) in [6, 6.07) is 9.79. The number of ether oxygens (including phenoxy) is 2. The summed E-state index contributed by atoms with van der Waals surface area (Å²) >= 11 is 8.24. The van der Waals surface area contributed by atoms with Gasteiger partial charge in [0.2, 0.25) is 0 Å². The molecule has 0 saturated heterocycles. The quantitative estimate of drug-likeness (QED) is 0.595. The Hall–Kier alpha value is -1.72. The molecule has 0 radical (unpaired) electrons. The minimum atomic E-state index is -0.0168. The fourth-order valence-corrected chi connectivity index (χ4v) is 4.58. The Morgan fingerprint density at radius 3 is 2.92 bits per heavy atom. The number of nitrogens with zero attached hydrogens (tertiary/aromatic N) is 1. The number of hydrogen-bond donors (Lipinski definition) is 0. The Balaban J connectivity index is 1.40. The fourth-order valence-electron chi connectivity index (χ4n) is 3.05. The Labute approximate surface area is 162 Å². The minimum Gasteiger partial charge on any atom is -0.487 e. The normalized spacial score (nSPS) is 21.7.